The smallest absolute Gasteiger partial charge is 0.282 e. The lowest BCUT2D eigenvalue weighted by Crippen LogP contribution is -2.55. The maximum atomic E-state index is 12.1. The van der Waals surface area contributed by atoms with Crippen LogP contribution in [0.15, 0.2) is 0 Å². The monoisotopic (exact) mass is 235 g/mol. The first kappa shape index (κ1) is 12.9. The van der Waals surface area contributed by atoms with Gasteiger partial charge in [-0.2, -0.15) is 17.0 Å². The van der Waals surface area contributed by atoms with Gasteiger partial charge in [-0.25, -0.2) is 0 Å². The maximum Gasteiger partial charge on any atom is 0.282 e. The van der Waals surface area contributed by atoms with Crippen LogP contribution in [0, 0.1) is 0 Å². The molecule has 0 amide bonds. The SMILES string of the molecule is CC1CCCC(CN)N1S(=O)(=O)N(C)C. The van der Waals surface area contributed by atoms with Gasteiger partial charge in [-0.15, -0.1) is 0 Å². The summed E-state index contributed by atoms with van der Waals surface area (Å²) in [4.78, 5) is 0. The first-order valence-corrected chi connectivity index (χ1v) is 6.72. The lowest BCUT2D eigenvalue weighted by Gasteiger charge is -2.40. The molecule has 1 fully saturated rings. The van der Waals surface area contributed by atoms with Gasteiger partial charge in [0.25, 0.3) is 10.2 Å². The number of hydrogen-bond acceptors (Lipinski definition) is 3. The third-order valence-electron chi connectivity index (χ3n) is 2.95. The highest BCUT2D eigenvalue weighted by Gasteiger charge is 2.37. The van der Waals surface area contributed by atoms with Crippen LogP contribution in [0.2, 0.25) is 0 Å². The molecule has 2 N–H and O–H groups in total. The van der Waals surface area contributed by atoms with Crippen LogP contribution < -0.4 is 5.73 Å². The van der Waals surface area contributed by atoms with Crippen LogP contribution >= 0.6 is 0 Å². The molecule has 2 atom stereocenters. The van der Waals surface area contributed by atoms with Crippen LogP contribution in [-0.4, -0.2) is 49.8 Å². The highest BCUT2D eigenvalue weighted by atomic mass is 32.2. The molecule has 0 bridgehead atoms. The fourth-order valence-electron chi connectivity index (χ4n) is 2.09. The minimum absolute atomic E-state index is 0.0406. The summed E-state index contributed by atoms with van der Waals surface area (Å²) in [6.45, 7) is 2.35. The Labute approximate surface area is 92.4 Å². The second kappa shape index (κ2) is 4.78. The fraction of sp³-hybridized carbons (Fsp3) is 1.00. The first-order valence-electron chi connectivity index (χ1n) is 5.32. The molecule has 0 saturated carbocycles. The lowest BCUT2D eigenvalue weighted by atomic mass is 10.00. The Balaban J connectivity index is 2.97. The lowest BCUT2D eigenvalue weighted by molar-refractivity contribution is 0.186. The summed E-state index contributed by atoms with van der Waals surface area (Å²) in [6.07, 6.45) is 2.85. The van der Waals surface area contributed by atoms with Crippen LogP contribution in [0.5, 0.6) is 0 Å². The summed E-state index contributed by atoms with van der Waals surface area (Å²) in [6, 6.07) is 0.0147. The molecule has 6 heteroatoms. The van der Waals surface area contributed by atoms with Crippen LogP contribution in [-0.2, 0) is 10.2 Å². The van der Waals surface area contributed by atoms with Crippen LogP contribution in [0.4, 0.5) is 0 Å². The molecule has 1 rings (SSSR count). The standard InChI is InChI=1S/C9H21N3O2S/c1-8-5-4-6-9(7-10)12(8)15(13,14)11(2)3/h8-9H,4-7,10H2,1-3H3. The zero-order chi connectivity index (χ0) is 11.6. The topological polar surface area (TPSA) is 66.6 Å². The largest absolute Gasteiger partial charge is 0.329 e. The van der Waals surface area contributed by atoms with Crippen LogP contribution in [0.3, 0.4) is 0 Å². The van der Waals surface area contributed by atoms with Gasteiger partial charge in [-0.3, -0.25) is 0 Å². The third-order valence-corrected chi connectivity index (χ3v) is 5.07. The number of rotatable bonds is 3. The Kier molecular flexibility index (Phi) is 4.11. The Morgan fingerprint density at radius 3 is 2.47 bits per heavy atom. The molecule has 0 aromatic heterocycles. The van der Waals surface area contributed by atoms with E-state index in [2.05, 4.69) is 0 Å². The van der Waals surface area contributed by atoms with Gasteiger partial charge in [0.05, 0.1) is 0 Å². The molecule has 15 heavy (non-hydrogen) atoms. The molecule has 0 aromatic rings. The van der Waals surface area contributed by atoms with Crippen molar-refractivity contribution in [1.29, 1.82) is 0 Å². The maximum absolute atomic E-state index is 12.1. The molecule has 2 unspecified atom stereocenters. The van der Waals surface area contributed by atoms with Crippen molar-refractivity contribution in [2.75, 3.05) is 20.6 Å². The molecule has 0 spiro atoms. The second-order valence-corrected chi connectivity index (χ2v) is 6.34. The van der Waals surface area contributed by atoms with Crippen molar-refractivity contribution in [2.45, 2.75) is 38.3 Å². The van der Waals surface area contributed by atoms with Gasteiger partial charge in [0.15, 0.2) is 0 Å². The summed E-state index contributed by atoms with van der Waals surface area (Å²) >= 11 is 0. The zero-order valence-electron chi connectivity index (χ0n) is 9.68. The Hall–Kier alpha value is -0.170. The van der Waals surface area contributed by atoms with Gasteiger partial charge in [-0.1, -0.05) is 6.42 Å². The molecule has 1 saturated heterocycles. The van der Waals surface area contributed by atoms with E-state index in [4.69, 9.17) is 5.73 Å². The molecule has 0 radical (unpaired) electrons. The van der Waals surface area contributed by atoms with E-state index in [0.717, 1.165) is 19.3 Å². The van der Waals surface area contributed by atoms with E-state index in [1.165, 1.54) is 4.31 Å². The van der Waals surface area contributed by atoms with Crippen LogP contribution in [0.1, 0.15) is 26.2 Å². The molecule has 90 valence electrons. The van der Waals surface area contributed by atoms with Crippen molar-refractivity contribution in [2.24, 2.45) is 5.73 Å². The average molecular weight is 235 g/mol. The molecular weight excluding hydrogens is 214 g/mol. The van der Waals surface area contributed by atoms with E-state index >= 15 is 0 Å². The summed E-state index contributed by atoms with van der Waals surface area (Å²) in [5, 5.41) is 0. The molecule has 1 heterocycles. The molecule has 1 aliphatic heterocycles. The normalized spacial score (nSPS) is 29.7. The minimum Gasteiger partial charge on any atom is -0.329 e. The van der Waals surface area contributed by atoms with Gasteiger partial charge in [0, 0.05) is 32.7 Å². The zero-order valence-corrected chi connectivity index (χ0v) is 10.5. The van der Waals surface area contributed by atoms with E-state index < -0.39 is 10.2 Å². The third kappa shape index (κ3) is 2.50. The fourth-order valence-corrected chi connectivity index (χ4v) is 3.59. The van der Waals surface area contributed by atoms with E-state index in [1.54, 1.807) is 18.4 Å². The Morgan fingerprint density at radius 1 is 1.40 bits per heavy atom. The Bertz CT molecular complexity index is 302. The van der Waals surface area contributed by atoms with E-state index in [0.29, 0.717) is 6.54 Å². The van der Waals surface area contributed by atoms with Crippen molar-refractivity contribution in [3.8, 4) is 0 Å². The van der Waals surface area contributed by atoms with Gasteiger partial charge >= 0.3 is 0 Å². The number of hydrogen-bond donors (Lipinski definition) is 1. The molecule has 0 aromatic carbocycles. The van der Waals surface area contributed by atoms with Crippen molar-refractivity contribution in [3.05, 3.63) is 0 Å². The van der Waals surface area contributed by atoms with Crippen molar-refractivity contribution < 1.29 is 8.42 Å². The Morgan fingerprint density at radius 2 is 2.00 bits per heavy atom. The van der Waals surface area contributed by atoms with Gasteiger partial charge < -0.3 is 5.73 Å². The summed E-state index contributed by atoms with van der Waals surface area (Å²) in [5.41, 5.74) is 5.63. The van der Waals surface area contributed by atoms with Gasteiger partial charge in [0.1, 0.15) is 0 Å². The van der Waals surface area contributed by atoms with E-state index in [9.17, 15) is 8.42 Å². The molecule has 5 nitrogen and oxygen atoms in total. The highest BCUT2D eigenvalue weighted by molar-refractivity contribution is 7.86. The predicted octanol–water partition coefficient (Wildman–Crippen LogP) is -0.00550. The highest BCUT2D eigenvalue weighted by Crippen LogP contribution is 2.26. The molecule has 0 aliphatic carbocycles. The number of nitrogens with two attached hydrogens (primary N) is 1. The first-order chi connectivity index (χ1) is 6.91. The quantitative estimate of drug-likeness (QED) is 0.748. The average Bonchev–Trinajstić information content (AvgIpc) is 2.16. The van der Waals surface area contributed by atoms with Crippen molar-refractivity contribution in [3.63, 3.8) is 0 Å². The van der Waals surface area contributed by atoms with E-state index in [1.807, 2.05) is 6.92 Å². The second-order valence-electron chi connectivity index (χ2n) is 4.29. The predicted molar refractivity (Wildman–Crippen MR) is 60.6 cm³/mol. The van der Waals surface area contributed by atoms with Crippen LogP contribution in [0.25, 0.3) is 0 Å². The minimum atomic E-state index is -3.32. The van der Waals surface area contributed by atoms with Crippen molar-refractivity contribution >= 4 is 10.2 Å². The molecular formula is C9H21N3O2S. The summed E-state index contributed by atoms with van der Waals surface area (Å²) in [5.74, 6) is 0. The van der Waals surface area contributed by atoms with E-state index in [-0.39, 0.29) is 12.1 Å². The van der Waals surface area contributed by atoms with Gasteiger partial charge in [-0.05, 0) is 19.8 Å². The summed E-state index contributed by atoms with van der Waals surface area (Å²) < 4.78 is 27.0. The number of piperidine rings is 1. The number of nitrogens with zero attached hydrogens (tertiary/aromatic N) is 2. The van der Waals surface area contributed by atoms with Crippen molar-refractivity contribution in [1.82, 2.24) is 8.61 Å². The van der Waals surface area contributed by atoms with Gasteiger partial charge in [0.2, 0.25) is 0 Å². The molecule has 1 aliphatic rings. The summed E-state index contributed by atoms with van der Waals surface area (Å²) in [7, 11) is -0.204.